The topological polar surface area (TPSA) is 66.5 Å². The van der Waals surface area contributed by atoms with Gasteiger partial charge in [-0.3, -0.25) is 4.79 Å². The number of carbonyl (C=O) groups excluding carboxylic acids is 1. The molecule has 0 saturated carbocycles. The number of amides is 1. The lowest BCUT2D eigenvalue weighted by atomic mass is 10.0. The first kappa shape index (κ1) is 20.7. The van der Waals surface area contributed by atoms with Crippen LogP contribution >= 0.6 is 11.6 Å². The fourth-order valence-electron chi connectivity index (χ4n) is 3.24. The Kier molecular flexibility index (Phi) is 6.32. The number of benzene rings is 2. The maximum Gasteiger partial charge on any atom is 0.243 e. The number of hydrogen-bond acceptors (Lipinski definition) is 3. The summed E-state index contributed by atoms with van der Waals surface area (Å²) in [4.78, 5) is 12.5. The van der Waals surface area contributed by atoms with E-state index >= 15 is 0 Å². The van der Waals surface area contributed by atoms with Crippen LogP contribution in [0.3, 0.4) is 0 Å². The third-order valence-electron chi connectivity index (χ3n) is 4.62. The third-order valence-corrected chi connectivity index (χ3v) is 6.84. The van der Waals surface area contributed by atoms with Crippen LogP contribution in [0, 0.1) is 11.6 Å². The highest BCUT2D eigenvalue weighted by Gasteiger charge is 2.34. The van der Waals surface area contributed by atoms with Crippen molar-refractivity contribution in [3.8, 4) is 0 Å². The minimum absolute atomic E-state index is 0.0776. The van der Waals surface area contributed by atoms with E-state index in [1.54, 1.807) is 0 Å². The summed E-state index contributed by atoms with van der Waals surface area (Å²) in [5.74, 6) is -2.54. The van der Waals surface area contributed by atoms with Gasteiger partial charge in [0.2, 0.25) is 15.9 Å². The lowest BCUT2D eigenvalue weighted by Crippen LogP contribution is -2.45. The fourth-order valence-corrected chi connectivity index (χ4v) is 5.06. The van der Waals surface area contributed by atoms with Gasteiger partial charge in [0.1, 0.15) is 0 Å². The van der Waals surface area contributed by atoms with Gasteiger partial charge in [0, 0.05) is 35.8 Å². The molecule has 1 aliphatic heterocycles. The highest BCUT2D eigenvalue weighted by Crippen LogP contribution is 2.28. The molecule has 28 heavy (non-hydrogen) atoms. The van der Waals surface area contributed by atoms with Gasteiger partial charge in [0.25, 0.3) is 0 Å². The van der Waals surface area contributed by atoms with Crippen LogP contribution in [0.5, 0.6) is 0 Å². The normalized spacial score (nSPS) is 18.0. The second-order valence-electron chi connectivity index (χ2n) is 6.60. The molecule has 0 unspecified atom stereocenters. The van der Waals surface area contributed by atoms with Crippen molar-refractivity contribution in [2.24, 2.45) is 0 Å². The van der Waals surface area contributed by atoms with E-state index < -0.39 is 33.6 Å². The van der Waals surface area contributed by atoms with Crippen molar-refractivity contribution in [1.82, 2.24) is 4.31 Å². The zero-order valence-electron chi connectivity index (χ0n) is 14.9. The maximum absolute atomic E-state index is 13.3. The quantitative estimate of drug-likeness (QED) is 0.776. The van der Waals surface area contributed by atoms with Crippen LogP contribution in [0.2, 0.25) is 5.02 Å². The molecule has 0 aliphatic carbocycles. The van der Waals surface area contributed by atoms with Gasteiger partial charge in [-0.25, -0.2) is 17.2 Å². The zero-order chi connectivity index (χ0) is 20.3. The van der Waals surface area contributed by atoms with Gasteiger partial charge >= 0.3 is 0 Å². The molecule has 1 amide bonds. The lowest BCUT2D eigenvalue weighted by molar-refractivity contribution is -0.117. The molecule has 1 N–H and O–H groups in total. The summed E-state index contributed by atoms with van der Waals surface area (Å²) in [6.07, 6.45) is 1.97. The summed E-state index contributed by atoms with van der Waals surface area (Å²) in [6.45, 7) is 0.314. The second-order valence-corrected chi connectivity index (χ2v) is 8.93. The molecule has 9 heteroatoms. The van der Waals surface area contributed by atoms with Crippen LogP contribution < -0.4 is 5.32 Å². The zero-order valence-corrected chi connectivity index (χ0v) is 16.4. The summed E-state index contributed by atoms with van der Waals surface area (Å²) in [5, 5.41) is 2.92. The van der Waals surface area contributed by atoms with Crippen molar-refractivity contribution in [1.29, 1.82) is 0 Å². The monoisotopic (exact) mass is 428 g/mol. The van der Waals surface area contributed by atoms with E-state index in [1.165, 1.54) is 34.6 Å². The summed E-state index contributed by atoms with van der Waals surface area (Å²) in [6, 6.07) is 8.42. The molecule has 1 heterocycles. The molecular formula is C19H19ClF2N2O3S. The van der Waals surface area contributed by atoms with Gasteiger partial charge in [-0.2, -0.15) is 4.31 Å². The van der Waals surface area contributed by atoms with E-state index in [9.17, 15) is 22.0 Å². The number of anilines is 1. The molecular weight excluding hydrogens is 410 g/mol. The van der Waals surface area contributed by atoms with Crippen LogP contribution in [0.15, 0.2) is 47.4 Å². The average Bonchev–Trinajstić information content (AvgIpc) is 2.65. The summed E-state index contributed by atoms with van der Waals surface area (Å²) < 4.78 is 53.6. The molecule has 150 valence electrons. The number of rotatable bonds is 5. The van der Waals surface area contributed by atoms with E-state index in [0.717, 1.165) is 18.6 Å². The number of hydrogen-bond donors (Lipinski definition) is 1. The summed E-state index contributed by atoms with van der Waals surface area (Å²) in [7, 11) is -3.77. The first-order chi connectivity index (χ1) is 13.3. The molecule has 2 aromatic rings. The van der Waals surface area contributed by atoms with Gasteiger partial charge in [-0.1, -0.05) is 18.0 Å². The molecule has 2 aromatic carbocycles. The molecule has 3 rings (SSSR count). The Morgan fingerprint density at radius 2 is 1.82 bits per heavy atom. The van der Waals surface area contributed by atoms with Crippen molar-refractivity contribution < 1.29 is 22.0 Å². The highest BCUT2D eigenvalue weighted by atomic mass is 35.5. The molecule has 1 fully saturated rings. The first-order valence-corrected chi connectivity index (χ1v) is 10.6. The predicted octanol–water partition coefficient (Wildman–Crippen LogP) is 4.19. The third kappa shape index (κ3) is 4.68. The van der Waals surface area contributed by atoms with E-state index in [0.29, 0.717) is 24.4 Å². The maximum atomic E-state index is 13.3. The summed E-state index contributed by atoms with van der Waals surface area (Å²) in [5.41, 5.74) is 0.117. The van der Waals surface area contributed by atoms with E-state index in [2.05, 4.69) is 5.32 Å². The molecule has 0 aromatic heterocycles. The van der Waals surface area contributed by atoms with Crippen molar-refractivity contribution >= 4 is 33.2 Å². The van der Waals surface area contributed by atoms with Crippen molar-refractivity contribution in [2.75, 3.05) is 11.9 Å². The van der Waals surface area contributed by atoms with Crippen LogP contribution in [-0.4, -0.2) is 31.2 Å². The van der Waals surface area contributed by atoms with Gasteiger partial charge in [0.05, 0.1) is 4.90 Å². The Hall–Kier alpha value is -2.03. The van der Waals surface area contributed by atoms with Gasteiger partial charge < -0.3 is 5.32 Å². The van der Waals surface area contributed by atoms with Gasteiger partial charge in [0.15, 0.2) is 11.6 Å². The highest BCUT2D eigenvalue weighted by molar-refractivity contribution is 7.89. The molecule has 0 bridgehead atoms. The molecule has 1 aliphatic rings. The van der Waals surface area contributed by atoms with E-state index in [4.69, 9.17) is 11.6 Å². The minimum atomic E-state index is -3.77. The second kappa shape index (κ2) is 8.55. The number of nitrogens with zero attached hydrogens (tertiary/aromatic N) is 1. The van der Waals surface area contributed by atoms with Crippen LogP contribution in [0.4, 0.5) is 14.5 Å². The predicted molar refractivity (Wildman–Crippen MR) is 103 cm³/mol. The fraction of sp³-hybridized carbons (Fsp3) is 0.316. The van der Waals surface area contributed by atoms with Crippen LogP contribution in [0.1, 0.15) is 25.7 Å². The van der Waals surface area contributed by atoms with Crippen molar-refractivity contribution in [3.05, 3.63) is 59.1 Å². The Morgan fingerprint density at radius 1 is 1.11 bits per heavy atom. The van der Waals surface area contributed by atoms with E-state index in [1.807, 2.05) is 0 Å². The van der Waals surface area contributed by atoms with Gasteiger partial charge in [-0.05, 0) is 49.2 Å². The molecule has 1 saturated heterocycles. The molecule has 1 atom stereocenters. The van der Waals surface area contributed by atoms with Crippen LogP contribution in [0.25, 0.3) is 0 Å². The standard InChI is InChI=1S/C19H19ClF2N2O3S/c20-13-4-7-16(8-5-13)28(26,27)24-10-2-1-3-15(24)12-19(25)23-14-6-9-17(21)18(22)11-14/h4-9,11,15H,1-3,10,12H2,(H,23,25)/t15-/m0/s1. The number of halogens is 3. The Labute approximate surface area is 167 Å². The van der Waals surface area contributed by atoms with Crippen molar-refractivity contribution in [3.63, 3.8) is 0 Å². The SMILES string of the molecule is O=C(C[C@@H]1CCCCN1S(=O)(=O)c1ccc(Cl)cc1)Nc1ccc(F)c(F)c1. The van der Waals surface area contributed by atoms with Crippen molar-refractivity contribution in [2.45, 2.75) is 36.6 Å². The number of carbonyl (C=O) groups is 1. The Balaban J connectivity index is 1.74. The number of nitrogens with one attached hydrogen (secondary N) is 1. The smallest absolute Gasteiger partial charge is 0.243 e. The largest absolute Gasteiger partial charge is 0.326 e. The Morgan fingerprint density at radius 3 is 2.50 bits per heavy atom. The number of sulfonamides is 1. The summed E-state index contributed by atoms with van der Waals surface area (Å²) >= 11 is 5.83. The first-order valence-electron chi connectivity index (χ1n) is 8.79. The Bertz CT molecular complexity index is 968. The average molecular weight is 429 g/mol. The molecule has 0 spiro atoms. The minimum Gasteiger partial charge on any atom is -0.326 e. The van der Waals surface area contributed by atoms with E-state index in [-0.39, 0.29) is 17.0 Å². The number of piperidine rings is 1. The molecule has 0 radical (unpaired) electrons. The van der Waals surface area contributed by atoms with Gasteiger partial charge in [-0.15, -0.1) is 0 Å². The lowest BCUT2D eigenvalue weighted by Gasteiger charge is -2.34. The molecule has 5 nitrogen and oxygen atoms in total. The van der Waals surface area contributed by atoms with Crippen LogP contribution in [-0.2, 0) is 14.8 Å².